The largest absolute Gasteiger partial charge is 0.497 e. The Balaban J connectivity index is 1.39. The number of rotatable bonds is 21. The van der Waals surface area contributed by atoms with E-state index in [1.165, 1.54) is 14.0 Å². The summed E-state index contributed by atoms with van der Waals surface area (Å²) in [6.45, 7) is 17.9. The van der Waals surface area contributed by atoms with Gasteiger partial charge in [0.25, 0.3) is 17.3 Å². The Hall–Kier alpha value is -5.88. The average molecular weight is 1230 g/mol. The molecule has 0 radical (unpaired) electrons. The fourth-order valence-electron chi connectivity index (χ4n) is 12.2. The summed E-state index contributed by atoms with van der Waals surface area (Å²) in [6.07, 6.45) is -10.7. The number of carbonyl (C=O) groups excluding carboxylic acids is 4. The summed E-state index contributed by atoms with van der Waals surface area (Å²) in [7, 11) is 8.52. The molecule has 0 aromatic heterocycles. The highest BCUT2D eigenvalue weighted by Gasteiger charge is 2.54. The van der Waals surface area contributed by atoms with Gasteiger partial charge in [-0.25, -0.2) is 9.59 Å². The zero-order chi connectivity index (χ0) is 64.9. The number of alkyl carbamates (subject to hydrolysis) is 2. The third-order valence-electron chi connectivity index (χ3n) is 17.2. The molecule has 0 unspecified atom stereocenters. The van der Waals surface area contributed by atoms with Gasteiger partial charge in [-0.2, -0.15) is 0 Å². The first-order valence-corrected chi connectivity index (χ1v) is 29.9. The number of carbonyl (C=O) groups is 4. The van der Waals surface area contributed by atoms with Crippen molar-refractivity contribution >= 4 is 35.4 Å². The van der Waals surface area contributed by atoms with E-state index >= 15 is 4.79 Å². The second-order valence-corrected chi connectivity index (χ2v) is 24.6. The van der Waals surface area contributed by atoms with Gasteiger partial charge in [-0.05, 0) is 132 Å². The molecule has 2 aromatic rings. The Morgan fingerprint density at radius 1 is 0.816 bits per heavy atom. The van der Waals surface area contributed by atoms with Crippen molar-refractivity contribution in [3.05, 3.63) is 73.8 Å². The van der Waals surface area contributed by atoms with Gasteiger partial charge in [-0.3, -0.25) is 34.7 Å². The molecule has 5 rings (SSSR count). The van der Waals surface area contributed by atoms with E-state index < -0.39 is 135 Å². The van der Waals surface area contributed by atoms with Crippen LogP contribution in [0.25, 0.3) is 0 Å². The van der Waals surface area contributed by atoms with Crippen LogP contribution in [0.3, 0.4) is 0 Å². The van der Waals surface area contributed by atoms with Crippen LogP contribution in [0.15, 0.2) is 42.5 Å². The maximum atomic E-state index is 15.0. The SMILES string of the molecule is CC[C@@H]1OC(=O)[C@H](C)[C@H](O[C@H]2C[C@@](C)(OC)[C@@H](OC(=O)NCCCCNC(=O)c3cc([N+](=O)[O-])cc([N+](=O)[O-])c3)[C@H](C)O2)[C@@H](C)[C@@H](O[C@@H]2O[C@H](C)C[C@H](N(C)C)[C@H]2O)[C@](C)(O)C[C@@H](C)CN(C)[C@@H](C)[C@H](OC(=O)NCCc2ccc(OC)cc2)[C@]1(C)O. The highest BCUT2D eigenvalue weighted by molar-refractivity contribution is 5.95. The summed E-state index contributed by atoms with van der Waals surface area (Å²) >= 11 is 0. The molecule has 18 atom stereocenters. The van der Waals surface area contributed by atoms with Crippen molar-refractivity contribution in [2.75, 3.05) is 61.5 Å². The van der Waals surface area contributed by atoms with Crippen LogP contribution < -0.4 is 20.7 Å². The summed E-state index contributed by atoms with van der Waals surface area (Å²) in [5.74, 6) is -3.31. The van der Waals surface area contributed by atoms with E-state index in [-0.39, 0.29) is 62.5 Å². The van der Waals surface area contributed by atoms with Crippen molar-refractivity contribution < 1.29 is 87.0 Å². The van der Waals surface area contributed by atoms with Crippen LogP contribution in [0.2, 0.25) is 0 Å². The Labute approximate surface area is 510 Å². The van der Waals surface area contributed by atoms with Crippen molar-refractivity contribution in [3.63, 3.8) is 0 Å². The standard InChI is InChI=1S/C60H95N7O20/c1-16-46-60(10,74)51(86-57(72)63-26-23-40-19-21-44(79-14)22-20-40)38(6)65(13)33-34(2)31-58(8,73)50(85-55-48(68)45(64(11)12)27-35(3)81-55)36(4)49(37(5)54(70)83-46)84-47-32-59(9,80-15)52(39(7)82-47)87-56(71)62-25-18-17-24-61-53(69)41-28-42(66(75)76)30-43(29-41)67(77)78/h19-22,28-30,34-39,45-52,55,68,73-74H,16-18,23-27,31-33H2,1-15H3,(H,61,69)(H,62,71)(H,63,72)/t34-,35-,36-,37-,38+,39+,45+,46+,47+,48-,49-,50-,51+,52+,55+,58-,59-,60-/m1/s1. The van der Waals surface area contributed by atoms with Crippen molar-refractivity contribution in [2.45, 2.75) is 204 Å². The van der Waals surface area contributed by atoms with Gasteiger partial charge in [0.1, 0.15) is 29.2 Å². The summed E-state index contributed by atoms with van der Waals surface area (Å²) < 4.78 is 56.4. The van der Waals surface area contributed by atoms with Crippen LogP contribution in [-0.2, 0) is 49.1 Å². The minimum atomic E-state index is -1.99. The second kappa shape index (κ2) is 31.5. The molecule has 0 spiro atoms. The van der Waals surface area contributed by atoms with Crippen molar-refractivity contribution in [2.24, 2.45) is 17.8 Å². The molecular weight excluding hydrogens is 1140 g/mol. The van der Waals surface area contributed by atoms with E-state index in [9.17, 15) is 49.9 Å². The first-order chi connectivity index (χ1) is 40.8. The van der Waals surface area contributed by atoms with Gasteiger partial charge < -0.3 is 78.8 Å². The number of hydrogen-bond donors (Lipinski definition) is 6. The summed E-state index contributed by atoms with van der Waals surface area (Å²) in [5.41, 5.74) is -5.53. The van der Waals surface area contributed by atoms with Crippen LogP contribution in [0.5, 0.6) is 5.75 Å². The molecule has 3 heterocycles. The normalized spacial score (nSPS) is 33.9. The van der Waals surface area contributed by atoms with Gasteiger partial charge in [0.2, 0.25) is 0 Å². The molecule has 3 aliphatic heterocycles. The van der Waals surface area contributed by atoms with Crippen LogP contribution >= 0.6 is 0 Å². The number of nitro benzene ring substituents is 2. The second-order valence-electron chi connectivity index (χ2n) is 24.6. The number of unbranched alkanes of at least 4 members (excludes halogenated alkanes) is 1. The first-order valence-electron chi connectivity index (χ1n) is 29.9. The lowest BCUT2D eigenvalue weighted by atomic mass is 9.77. The number of aliphatic hydroxyl groups excluding tert-OH is 1. The molecule has 6 N–H and O–H groups in total. The lowest BCUT2D eigenvalue weighted by Gasteiger charge is -2.49. The predicted octanol–water partition coefficient (Wildman–Crippen LogP) is 5.65. The van der Waals surface area contributed by atoms with E-state index in [1.54, 1.807) is 55.6 Å². The van der Waals surface area contributed by atoms with Crippen molar-refractivity contribution in [3.8, 4) is 5.75 Å². The average Bonchev–Trinajstić information content (AvgIpc) is 2.24. The van der Waals surface area contributed by atoms with Gasteiger partial charge in [-0.15, -0.1) is 0 Å². The summed E-state index contributed by atoms with van der Waals surface area (Å²) in [5, 5.41) is 68.3. The number of ether oxygens (including phenoxy) is 9. The molecule has 3 saturated heterocycles. The van der Waals surface area contributed by atoms with Crippen molar-refractivity contribution in [1.29, 1.82) is 0 Å². The van der Waals surface area contributed by atoms with E-state index in [0.29, 0.717) is 38.0 Å². The minimum Gasteiger partial charge on any atom is -0.497 e. The van der Waals surface area contributed by atoms with Gasteiger partial charge in [0.15, 0.2) is 24.8 Å². The molecule has 2 aromatic carbocycles. The summed E-state index contributed by atoms with van der Waals surface area (Å²) in [6, 6.07) is 8.99. The molecule has 490 valence electrons. The first kappa shape index (κ1) is 71.9. The summed E-state index contributed by atoms with van der Waals surface area (Å²) in [4.78, 5) is 79.7. The quantitative estimate of drug-likeness (QED) is 0.0289. The van der Waals surface area contributed by atoms with Gasteiger partial charge in [-0.1, -0.05) is 32.9 Å². The van der Waals surface area contributed by atoms with E-state index in [0.717, 1.165) is 23.8 Å². The fraction of sp³-hybridized carbons (Fsp3) is 0.733. The van der Waals surface area contributed by atoms with E-state index in [1.807, 2.05) is 69.1 Å². The number of amides is 3. The van der Waals surface area contributed by atoms with Crippen LogP contribution in [-0.4, -0.2) is 211 Å². The Morgan fingerprint density at radius 2 is 1.40 bits per heavy atom. The highest BCUT2D eigenvalue weighted by Crippen LogP contribution is 2.41. The number of likely N-dealkylation sites (N-methyl/N-ethyl adjacent to an activating group) is 2. The number of cyclic esters (lactones) is 1. The molecule has 87 heavy (non-hydrogen) atoms. The molecular formula is C60H95N7O20. The number of methoxy groups -OCH3 is 2. The Bertz CT molecular complexity index is 2580. The number of nitro groups is 2. The number of aliphatic hydroxyl groups is 3. The van der Waals surface area contributed by atoms with Crippen molar-refractivity contribution in [1.82, 2.24) is 25.8 Å². The molecule has 27 heteroatoms. The molecule has 0 bridgehead atoms. The number of nitrogens with zero attached hydrogens (tertiary/aromatic N) is 4. The predicted molar refractivity (Wildman–Crippen MR) is 317 cm³/mol. The Morgan fingerprint density at radius 3 is 1.97 bits per heavy atom. The fourth-order valence-corrected chi connectivity index (χ4v) is 12.2. The zero-order valence-corrected chi connectivity index (χ0v) is 53.1. The molecule has 3 aliphatic rings. The molecule has 0 saturated carbocycles. The number of hydrogen-bond acceptors (Lipinski definition) is 22. The van der Waals surface area contributed by atoms with Gasteiger partial charge in [0, 0.05) is 69.8 Å². The molecule has 27 nitrogen and oxygen atoms in total. The van der Waals surface area contributed by atoms with Gasteiger partial charge >= 0.3 is 18.2 Å². The topological polar surface area (TPSA) is 341 Å². The number of nitrogens with one attached hydrogen (secondary N) is 3. The number of non-ortho nitro benzene ring substituents is 2. The Kier molecular flexibility index (Phi) is 26.0. The lowest BCUT2D eigenvalue weighted by Crippen LogP contribution is -2.61. The maximum absolute atomic E-state index is 15.0. The smallest absolute Gasteiger partial charge is 0.407 e. The van der Waals surface area contributed by atoms with Crippen LogP contribution in [0.4, 0.5) is 21.0 Å². The number of esters is 1. The lowest BCUT2D eigenvalue weighted by molar-refractivity contribution is -0.394. The minimum absolute atomic E-state index is 0.0622. The highest BCUT2D eigenvalue weighted by atomic mass is 16.7. The van der Waals surface area contributed by atoms with Crippen LogP contribution in [0, 0.1) is 38.0 Å². The third-order valence-corrected chi connectivity index (χ3v) is 17.2. The zero-order valence-electron chi connectivity index (χ0n) is 53.1. The maximum Gasteiger partial charge on any atom is 0.407 e. The molecule has 3 amide bonds. The van der Waals surface area contributed by atoms with E-state index in [4.69, 9.17) is 42.6 Å². The third kappa shape index (κ3) is 19.1. The molecule has 0 aliphatic carbocycles. The van der Waals surface area contributed by atoms with Gasteiger partial charge in [0.05, 0.1) is 64.5 Å². The van der Waals surface area contributed by atoms with E-state index in [2.05, 4.69) is 16.0 Å². The molecule has 3 fully saturated rings. The van der Waals surface area contributed by atoms with Crippen LogP contribution in [0.1, 0.15) is 124 Å². The number of benzene rings is 2. The monoisotopic (exact) mass is 1230 g/mol.